The predicted molar refractivity (Wildman–Crippen MR) is 50.3 cm³/mol. The lowest BCUT2D eigenvalue weighted by Crippen LogP contribution is -1.97. The molecule has 1 heterocycles. The van der Waals surface area contributed by atoms with Gasteiger partial charge in [0.2, 0.25) is 5.95 Å². The third-order valence-corrected chi connectivity index (χ3v) is 1.53. The van der Waals surface area contributed by atoms with E-state index in [0.29, 0.717) is 5.56 Å². The maximum Gasteiger partial charge on any atom is 0.384 e. The number of rotatable bonds is 0. The first-order chi connectivity index (χ1) is 6.63. The zero-order valence-electron chi connectivity index (χ0n) is 7.24. The van der Waals surface area contributed by atoms with E-state index in [1.165, 1.54) is 13.3 Å². The molecule has 72 valence electrons. The van der Waals surface area contributed by atoms with E-state index in [1.54, 1.807) is 0 Å². The number of nitrogens with zero attached hydrogens (tertiary/aromatic N) is 2. The van der Waals surface area contributed by atoms with Crippen LogP contribution in [0.4, 0.5) is 5.95 Å². The second kappa shape index (κ2) is 4.44. The lowest BCUT2D eigenvalue weighted by Gasteiger charge is -1.94. The van der Waals surface area contributed by atoms with Crippen molar-refractivity contribution in [2.45, 2.75) is 0 Å². The molecule has 0 radical (unpaired) electrons. The van der Waals surface area contributed by atoms with Crippen molar-refractivity contribution >= 4 is 23.5 Å². The predicted octanol–water partition coefficient (Wildman–Crippen LogP) is 0.237. The molecule has 0 unspecified atom stereocenters. The van der Waals surface area contributed by atoms with Gasteiger partial charge in [0.15, 0.2) is 0 Å². The molecule has 0 saturated carbocycles. The highest BCUT2D eigenvalue weighted by Crippen LogP contribution is 2.10. The van der Waals surface area contributed by atoms with Crippen LogP contribution < -0.4 is 5.73 Å². The molecule has 14 heavy (non-hydrogen) atoms. The molecule has 0 bridgehead atoms. The Kier molecular flexibility index (Phi) is 3.26. The topological polar surface area (TPSA) is 78.1 Å². The van der Waals surface area contributed by atoms with Crippen molar-refractivity contribution in [2.24, 2.45) is 0 Å². The maximum atomic E-state index is 10.7. The van der Waals surface area contributed by atoms with Crippen molar-refractivity contribution in [1.82, 2.24) is 9.97 Å². The number of aromatic nitrogens is 2. The summed E-state index contributed by atoms with van der Waals surface area (Å²) in [5.74, 6) is 4.05. The van der Waals surface area contributed by atoms with Gasteiger partial charge in [-0.2, -0.15) is 4.98 Å². The standard InChI is InChI=1S/C8H6ClN3O2/c1-14-6(13)3-2-5-4-11-8(10)12-7(5)9/h4H,1H3,(H2,10,11,12). The van der Waals surface area contributed by atoms with Crippen LogP contribution in [-0.4, -0.2) is 23.0 Å². The minimum absolute atomic E-state index is 0.0543. The minimum atomic E-state index is -0.655. The number of esters is 1. The molecule has 0 spiro atoms. The smallest absolute Gasteiger partial charge is 0.384 e. The molecule has 0 saturated heterocycles. The first kappa shape index (κ1) is 10.3. The fourth-order valence-electron chi connectivity index (χ4n) is 0.627. The first-order valence-corrected chi connectivity index (χ1v) is 3.89. The number of carbonyl (C=O) groups is 1. The molecule has 0 fully saturated rings. The van der Waals surface area contributed by atoms with Gasteiger partial charge in [-0.1, -0.05) is 17.5 Å². The van der Waals surface area contributed by atoms with Crippen molar-refractivity contribution in [3.63, 3.8) is 0 Å². The average Bonchev–Trinajstić information content (AvgIpc) is 2.16. The van der Waals surface area contributed by atoms with Crippen LogP contribution in [0.3, 0.4) is 0 Å². The Labute approximate surface area is 85.2 Å². The van der Waals surface area contributed by atoms with Crippen LogP contribution in [0, 0.1) is 11.8 Å². The summed E-state index contributed by atoms with van der Waals surface area (Å²) in [6.07, 6.45) is 1.33. The Bertz CT molecular complexity index is 422. The van der Waals surface area contributed by atoms with Crippen LogP contribution in [0.25, 0.3) is 0 Å². The summed E-state index contributed by atoms with van der Waals surface area (Å²) in [5, 5.41) is 0.105. The third kappa shape index (κ3) is 2.61. The maximum absolute atomic E-state index is 10.7. The van der Waals surface area contributed by atoms with Gasteiger partial charge in [-0.3, -0.25) is 0 Å². The summed E-state index contributed by atoms with van der Waals surface area (Å²) in [4.78, 5) is 18.0. The van der Waals surface area contributed by atoms with E-state index in [0.717, 1.165) is 0 Å². The zero-order chi connectivity index (χ0) is 10.6. The van der Waals surface area contributed by atoms with Gasteiger partial charge in [0.1, 0.15) is 5.15 Å². The Morgan fingerprint density at radius 2 is 2.43 bits per heavy atom. The van der Waals surface area contributed by atoms with Gasteiger partial charge in [0.05, 0.1) is 12.7 Å². The summed E-state index contributed by atoms with van der Waals surface area (Å²) < 4.78 is 4.31. The Hall–Kier alpha value is -1.80. The lowest BCUT2D eigenvalue weighted by molar-refractivity contribution is -0.133. The van der Waals surface area contributed by atoms with Gasteiger partial charge in [0, 0.05) is 12.1 Å². The van der Waals surface area contributed by atoms with Gasteiger partial charge in [-0.15, -0.1) is 0 Å². The third-order valence-electron chi connectivity index (χ3n) is 1.25. The number of ether oxygens (including phenoxy) is 1. The number of anilines is 1. The molecule has 6 heteroatoms. The molecule has 0 atom stereocenters. The fourth-order valence-corrected chi connectivity index (χ4v) is 0.809. The number of nitrogens with two attached hydrogens (primary N) is 1. The molecule has 5 nitrogen and oxygen atoms in total. The molecule has 2 N–H and O–H groups in total. The van der Waals surface area contributed by atoms with Crippen molar-refractivity contribution in [3.05, 3.63) is 16.9 Å². The average molecular weight is 212 g/mol. The Morgan fingerprint density at radius 1 is 1.71 bits per heavy atom. The molecule has 1 aromatic rings. The van der Waals surface area contributed by atoms with Crippen LogP contribution in [-0.2, 0) is 9.53 Å². The van der Waals surface area contributed by atoms with E-state index in [-0.39, 0.29) is 11.1 Å². The molecule has 1 aromatic heterocycles. The quantitative estimate of drug-likeness (QED) is 0.378. The molecule has 0 aliphatic rings. The molecule has 0 aromatic carbocycles. The normalized spacial score (nSPS) is 8.71. The molecule has 0 amide bonds. The summed E-state index contributed by atoms with van der Waals surface area (Å²) in [5.41, 5.74) is 5.59. The van der Waals surface area contributed by atoms with Crippen LogP contribution in [0.1, 0.15) is 5.56 Å². The zero-order valence-corrected chi connectivity index (χ0v) is 8.00. The van der Waals surface area contributed by atoms with Crippen molar-refractivity contribution in [3.8, 4) is 11.8 Å². The minimum Gasteiger partial charge on any atom is -0.459 e. The van der Waals surface area contributed by atoms with Gasteiger partial charge in [-0.25, -0.2) is 9.78 Å². The highest BCUT2D eigenvalue weighted by Gasteiger charge is 2.00. The van der Waals surface area contributed by atoms with Gasteiger partial charge < -0.3 is 10.5 Å². The number of methoxy groups -OCH3 is 1. The summed E-state index contributed by atoms with van der Waals surface area (Å²) in [6.45, 7) is 0. The van der Waals surface area contributed by atoms with Crippen LogP contribution in [0.2, 0.25) is 5.15 Å². The van der Waals surface area contributed by atoms with E-state index >= 15 is 0 Å². The van der Waals surface area contributed by atoms with E-state index in [2.05, 4.69) is 26.5 Å². The molecular weight excluding hydrogens is 206 g/mol. The summed E-state index contributed by atoms with van der Waals surface area (Å²) in [7, 11) is 1.23. The van der Waals surface area contributed by atoms with E-state index < -0.39 is 5.97 Å². The van der Waals surface area contributed by atoms with Gasteiger partial charge >= 0.3 is 5.97 Å². The van der Waals surface area contributed by atoms with Gasteiger partial charge in [-0.05, 0) is 0 Å². The van der Waals surface area contributed by atoms with E-state index in [9.17, 15) is 4.79 Å². The SMILES string of the molecule is COC(=O)C#Cc1cnc(N)nc1Cl. The fraction of sp³-hybridized carbons (Fsp3) is 0.125. The Morgan fingerprint density at radius 3 is 3.00 bits per heavy atom. The van der Waals surface area contributed by atoms with Crippen LogP contribution in [0.5, 0.6) is 0 Å². The first-order valence-electron chi connectivity index (χ1n) is 3.51. The van der Waals surface area contributed by atoms with E-state index in [1.807, 2.05) is 0 Å². The number of halogens is 1. The van der Waals surface area contributed by atoms with Crippen LogP contribution >= 0.6 is 11.6 Å². The second-order valence-electron chi connectivity index (χ2n) is 2.17. The molecule has 0 aliphatic heterocycles. The largest absolute Gasteiger partial charge is 0.459 e. The lowest BCUT2D eigenvalue weighted by atomic mass is 10.3. The summed E-state index contributed by atoms with van der Waals surface area (Å²) >= 11 is 5.67. The van der Waals surface area contributed by atoms with Gasteiger partial charge in [0.25, 0.3) is 0 Å². The number of hydrogen-bond acceptors (Lipinski definition) is 5. The number of carbonyl (C=O) groups excluding carboxylic acids is 1. The second-order valence-corrected chi connectivity index (χ2v) is 2.53. The molecule has 0 aliphatic carbocycles. The molecule has 1 rings (SSSR count). The molecular formula is C8H6ClN3O2. The van der Waals surface area contributed by atoms with Crippen molar-refractivity contribution in [1.29, 1.82) is 0 Å². The monoisotopic (exact) mass is 211 g/mol. The highest BCUT2D eigenvalue weighted by molar-refractivity contribution is 6.30. The highest BCUT2D eigenvalue weighted by atomic mass is 35.5. The van der Waals surface area contributed by atoms with E-state index in [4.69, 9.17) is 17.3 Å². The Balaban J connectivity index is 2.96. The van der Waals surface area contributed by atoms with Crippen molar-refractivity contribution < 1.29 is 9.53 Å². The van der Waals surface area contributed by atoms with Crippen LogP contribution in [0.15, 0.2) is 6.20 Å². The summed E-state index contributed by atoms with van der Waals surface area (Å²) in [6, 6.07) is 0. The number of nitrogen functional groups attached to an aromatic ring is 1. The number of hydrogen-bond donors (Lipinski definition) is 1. The van der Waals surface area contributed by atoms with Crippen molar-refractivity contribution in [2.75, 3.05) is 12.8 Å².